The van der Waals surface area contributed by atoms with Crippen LogP contribution in [0, 0.1) is 29.1 Å². The van der Waals surface area contributed by atoms with E-state index in [0.29, 0.717) is 24.4 Å². The van der Waals surface area contributed by atoms with Crippen LogP contribution < -0.4 is 0 Å². The van der Waals surface area contributed by atoms with Gasteiger partial charge in [0.15, 0.2) is 0 Å². The third-order valence-corrected chi connectivity index (χ3v) is 5.64. The van der Waals surface area contributed by atoms with Gasteiger partial charge in [-0.15, -0.1) is 0 Å². The van der Waals surface area contributed by atoms with E-state index >= 15 is 0 Å². The zero-order valence-electron chi connectivity index (χ0n) is 12.5. The average molecular weight is 264 g/mol. The van der Waals surface area contributed by atoms with Gasteiger partial charge in [-0.1, -0.05) is 13.8 Å². The molecule has 108 valence electrons. The maximum atomic E-state index is 12.1. The molecule has 0 aliphatic heterocycles. The van der Waals surface area contributed by atoms with Crippen molar-refractivity contribution in [3.05, 3.63) is 0 Å². The van der Waals surface area contributed by atoms with E-state index in [4.69, 9.17) is 4.74 Å². The molecule has 4 fully saturated rings. The van der Waals surface area contributed by atoms with Crippen LogP contribution in [0.3, 0.4) is 0 Å². The van der Waals surface area contributed by atoms with E-state index in [1.165, 1.54) is 38.5 Å². The van der Waals surface area contributed by atoms with Gasteiger partial charge in [0, 0.05) is 0 Å². The minimum Gasteiger partial charge on any atom is -0.466 e. The van der Waals surface area contributed by atoms with Gasteiger partial charge in [0.2, 0.25) is 0 Å². The van der Waals surface area contributed by atoms with E-state index < -0.39 is 0 Å². The predicted molar refractivity (Wildman–Crippen MR) is 75.6 cm³/mol. The molecule has 19 heavy (non-hydrogen) atoms. The largest absolute Gasteiger partial charge is 0.466 e. The van der Waals surface area contributed by atoms with E-state index in [1.807, 2.05) is 0 Å². The Labute approximate surface area is 117 Å². The number of esters is 1. The molecular formula is C17H28O2. The Morgan fingerprint density at radius 2 is 1.63 bits per heavy atom. The SMILES string of the molecule is CC(C)CCOC(=O)CC12CC3CC(CC(C3)C1)C2. The number of rotatable bonds is 5. The zero-order valence-corrected chi connectivity index (χ0v) is 12.5. The van der Waals surface area contributed by atoms with E-state index in [0.717, 1.165) is 24.2 Å². The molecule has 0 spiro atoms. The minimum absolute atomic E-state index is 0.0719. The number of carbonyl (C=O) groups excluding carboxylic acids is 1. The van der Waals surface area contributed by atoms with Gasteiger partial charge in [-0.05, 0) is 74.0 Å². The molecule has 0 aromatic heterocycles. The van der Waals surface area contributed by atoms with Gasteiger partial charge in [0.1, 0.15) is 0 Å². The Balaban J connectivity index is 1.53. The Morgan fingerprint density at radius 1 is 1.11 bits per heavy atom. The van der Waals surface area contributed by atoms with Crippen LogP contribution in [0.5, 0.6) is 0 Å². The lowest BCUT2D eigenvalue weighted by molar-refractivity contribution is -0.152. The van der Waals surface area contributed by atoms with E-state index in [-0.39, 0.29) is 5.97 Å². The summed E-state index contributed by atoms with van der Waals surface area (Å²) >= 11 is 0. The van der Waals surface area contributed by atoms with Crippen LogP contribution in [0.2, 0.25) is 0 Å². The molecule has 0 N–H and O–H groups in total. The Morgan fingerprint density at radius 3 is 2.11 bits per heavy atom. The zero-order chi connectivity index (χ0) is 13.5. The Hall–Kier alpha value is -0.530. The van der Waals surface area contributed by atoms with Crippen molar-refractivity contribution in [2.45, 2.75) is 65.2 Å². The summed E-state index contributed by atoms with van der Waals surface area (Å²) in [4.78, 5) is 12.1. The predicted octanol–water partition coefficient (Wildman–Crippen LogP) is 4.18. The molecule has 2 nitrogen and oxygen atoms in total. The molecule has 4 bridgehead atoms. The highest BCUT2D eigenvalue weighted by Gasteiger charge is 2.51. The third-order valence-electron chi connectivity index (χ3n) is 5.64. The van der Waals surface area contributed by atoms with Gasteiger partial charge < -0.3 is 4.74 Å². The summed E-state index contributed by atoms with van der Waals surface area (Å²) in [6.07, 6.45) is 9.95. The van der Waals surface area contributed by atoms with Crippen LogP contribution in [0.15, 0.2) is 0 Å². The van der Waals surface area contributed by atoms with Crippen LogP contribution in [-0.2, 0) is 9.53 Å². The van der Waals surface area contributed by atoms with Crippen molar-refractivity contribution < 1.29 is 9.53 Å². The number of ether oxygens (including phenoxy) is 1. The molecule has 0 radical (unpaired) electrons. The number of hydrogen-bond donors (Lipinski definition) is 0. The molecule has 2 heteroatoms. The molecule has 0 atom stereocenters. The normalized spacial score (nSPS) is 39.8. The fourth-order valence-electron chi connectivity index (χ4n) is 5.27. The second-order valence-electron chi connectivity index (χ2n) is 8.00. The molecule has 4 rings (SSSR count). The standard InChI is InChI=1S/C17H28O2/c1-12(2)3-4-19-16(18)11-17-8-13-5-14(9-17)7-15(6-13)10-17/h12-15H,3-11H2,1-2H3. The van der Waals surface area contributed by atoms with Crippen molar-refractivity contribution in [1.29, 1.82) is 0 Å². The Bertz CT molecular complexity index is 310. The van der Waals surface area contributed by atoms with Gasteiger partial charge >= 0.3 is 5.97 Å². The summed E-state index contributed by atoms with van der Waals surface area (Å²) in [7, 11) is 0. The van der Waals surface area contributed by atoms with Crippen molar-refractivity contribution in [3.8, 4) is 0 Å². The minimum atomic E-state index is 0.0719. The van der Waals surface area contributed by atoms with Crippen molar-refractivity contribution in [3.63, 3.8) is 0 Å². The topological polar surface area (TPSA) is 26.3 Å². The molecular weight excluding hydrogens is 236 g/mol. The summed E-state index contributed by atoms with van der Waals surface area (Å²) in [5, 5.41) is 0. The molecule has 0 amide bonds. The van der Waals surface area contributed by atoms with Crippen LogP contribution >= 0.6 is 0 Å². The summed E-state index contributed by atoms with van der Waals surface area (Å²) in [6.45, 7) is 4.96. The molecule has 4 saturated carbocycles. The first kappa shape index (κ1) is 13.5. The van der Waals surface area contributed by atoms with Crippen LogP contribution in [0.4, 0.5) is 0 Å². The van der Waals surface area contributed by atoms with Crippen molar-refractivity contribution in [1.82, 2.24) is 0 Å². The van der Waals surface area contributed by atoms with E-state index in [9.17, 15) is 4.79 Å². The summed E-state index contributed by atoms with van der Waals surface area (Å²) < 4.78 is 5.45. The monoisotopic (exact) mass is 264 g/mol. The quantitative estimate of drug-likeness (QED) is 0.696. The highest BCUT2D eigenvalue weighted by Crippen LogP contribution is 2.61. The second kappa shape index (κ2) is 5.10. The fraction of sp³-hybridized carbons (Fsp3) is 0.941. The summed E-state index contributed by atoms with van der Waals surface area (Å²) in [6, 6.07) is 0. The van der Waals surface area contributed by atoms with Crippen LogP contribution in [0.25, 0.3) is 0 Å². The van der Waals surface area contributed by atoms with Gasteiger partial charge in [0.25, 0.3) is 0 Å². The lowest BCUT2D eigenvalue weighted by atomic mass is 9.49. The first-order chi connectivity index (χ1) is 9.05. The maximum absolute atomic E-state index is 12.1. The highest BCUT2D eigenvalue weighted by molar-refractivity contribution is 5.70. The molecule has 0 saturated heterocycles. The first-order valence-electron chi connectivity index (χ1n) is 8.20. The van der Waals surface area contributed by atoms with Gasteiger partial charge in [-0.3, -0.25) is 4.79 Å². The van der Waals surface area contributed by atoms with Gasteiger partial charge in [0.05, 0.1) is 13.0 Å². The maximum Gasteiger partial charge on any atom is 0.306 e. The number of carbonyl (C=O) groups is 1. The van der Waals surface area contributed by atoms with Crippen molar-refractivity contribution in [2.75, 3.05) is 6.61 Å². The second-order valence-corrected chi connectivity index (χ2v) is 8.00. The van der Waals surface area contributed by atoms with Gasteiger partial charge in [-0.25, -0.2) is 0 Å². The number of hydrogen-bond acceptors (Lipinski definition) is 2. The molecule has 0 aromatic carbocycles. The average Bonchev–Trinajstić information content (AvgIpc) is 2.25. The molecule has 0 aromatic rings. The van der Waals surface area contributed by atoms with Crippen LogP contribution in [-0.4, -0.2) is 12.6 Å². The lowest BCUT2D eigenvalue weighted by Gasteiger charge is -2.56. The first-order valence-corrected chi connectivity index (χ1v) is 8.20. The van der Waals surface area contributed by atoms with E-state index in [2.05, 4.69) is 13.8 Å². The third kappa shape index (κ3) is 2.98. The molecule has 4 aliphatic carbocycles. The van der Waals surface area contributed by atoms with Crippen molar-refractivity contribution in [2.24, 2.45) is 29.1 Å². The molecule has 0 heterocycles. The highest BCUT2D eigenvalue weighted by atomic mass is 16.5. The molecule has 0 unspecified atom stereocenters. The fourth-order valence-corrected chi connectivity index (χ4v) is 5.27. The smallest absolute Gasteiger partial charge is 0.306 e. The summed E-state index contributed by atoms with van der Waals surface area (Å²) in [5.41, 5.74) is 0.337. The summed E-state index contributed by atoms with van der Waals surface area (Å²) in [5.74, 6) is 3.47. The molecule has 4 aliphatic rings. The van der Waals surface area contributed by atoms with Gasteiger partial charge in [-0.2, -0.15) is 0 Å². The van der Waals surface area contributed by atoms with Crippen LogP contribution in [0.1, 0.15) is 65.2 Å². The lowest BCUT2D eigenvalue weighted by Crippen LogP contribution is -2.47. The van der Waals surface area contributed by atoms with Crippen molar-refractivity contribution >= 4 is 5.97 Å². The van der Waals surface area contributed by atoms with E-state index in [1.54, 1.807) is 0 Å². The Kier molecular flexibility index (Phi) is 3.61.